The summed E-state index contributed by atoms with van der Waals surface area (Å²) in [6.45, 7) is 3.52. The maximum Gasteiger partial charge on any atom is 0.0672 e. The van der Waals surface area contributed by atoms with E-state index < -0.39 is 0 Å². The van der Waals surface area contributed by atoms with E-state index in [4.69, 9.17) is 0 Å². The first-order chi connectivity index (χ1) is 7.77. The highest BCUT2D eigenvalue weighted by Gasteiger charge is 2.39. The fourth-order valence-corrected chi connectivity index (χ4v) is 3.39. The molecule has 1 N–H and O–H groups in total. The van der Waals surface area contributed by atoms with E-state index >= 15 is 0 Å². The molecule has 0 bridgehead atoms. The number of aliphatic hydroxyl groups excluding tert-OH is 1. The van der Waals surface area contributed by atoms with Crippen molar-refractivity contribution in [3.63, 3.8) is 0 Å². The van der Waals surface area contributed by atoms with Crippen LogP contribution in [-0.2, 0) is 0 Å². The number of nitriles is 1. The molecule has 0 aromatic rings. The lowest BCUT2D eigenvalue weighted by Crippen LogP contribution is -2.47. The minimum absolute atomic E-state index is 0.188. The first-order valence-electron chi connectivity index (χ1n) is 6.54. The Bertz CT molecular complexity index is 274. The fraction of sp³-hybridized carbons (Fsp3) is 0.923. The molecule has 0 aromatic carbocycles. The minimum atomic E-state index is 0.188. The third-order valence-electron chi connectivity index (χ3n) is 4.43. The van der Waals surface area contributed by atoms with Crippen LogP contribution in [0.15, 0.2) is 0 Å². The zero-order valence-electron chi connectivity index (χ0n) is 10.1. The largest absolute Gasteiger partial charge is 0.395 e. The highest BCUT2D eigenvalue weighted by Crippen LogP contribution is 2.34. The monoisotopic (exact) mass is 222 g/mol. The molecule has 0 radical (unpaired) electrons. The molecule has 16 heavy (non-hydrogen) atoms. The van der Waals surface area contributed by atoms with Crippen LogP contribution in [-0.4, -0.2) is 35.2 Å². The number of hydrogen-bond donors (Lipinski definition) is 1. The van der Waals surface area contributed by atoms with Crippen molar-refractivity contribution in [2.75, 3.05) is 13.2 Å². The maximum absolute atomic E-state index is 9.47. The van der Waals surface area contributed by atoms with Crippen molar-refractivity contribution in [3.8, 4) is 6.07 Å². The molecule has 0 spiro atoms. The van der Waals surface area contributed by atoms with Gasteiger partial charge in [0.25, 0.3) is 0 Å². The van der Waals surface area contributed by atoms with Gasteiger partial charge in [-0.1, -0.05) is 19.8 Å². The highest BCUT2D eigenvalue weighted by molar-refractivity contribution is 4.99. The zero-order valence-corrected chi connectivity index (χ0v) is 10.1. The summed E-state index contributed by atoms with van der Waals surface area (Å²) in [7, 11) is 0. The minimum Gasteiger partial charge on any atom is -0.395 e. The standard InChI is InChI=1S/C13H22N2O/c1-10-6-7-15(13(10)9-16)12-5-3-2-4-11(12)8-14/h10-13,16H,2-7,9H2,1H3. The predicted octanol–water partition coefficient (Wildman–Crippen LogP) is 1.77. The van der Waals surface area contributed by atoms with Crippen LogP contribution in [0.25, 0.3) is 0 Å². The lowest BCUT2D eigenvalue weighted by Gasteiger charge is -2.38. The lowest BCUT2D eigenvalue weighted by molar-refractivity contribution is 0.0677. The molecule has 3 heteroatoms. The van der Waals surface area contributed by atoms with E-state index in [1.807, 2.05) is 0 Å². The highest BCUT2D eigenvalue weighted by atomic mass is 16.3. The SMILES string of the molecule is CC1CCN(C2CCCCC2C#N)C1CO. The molecule has 1 saturated heterocycles. The van der Waals surface area contributed by atoms with E-state index in [9.17, 15) is 10.4 Å². The van der Waals surface area contributed by atoms with Gasteiger partial charge in [-0.3, -0.25) is 4.90 Å². The van der Waals surface area contributed by atoms with Gasteiger partial charge in [0.15, 0.2) is 0 Å². The number of nitrogens with zero attached hydrogens (tertiary/aromatic N) is 2. The van der Waals surface area contributed by atoms with Crippen molar-refractivity contribution in [2.45, 2.75) is 51.1 Å². The van der Waals surface area contributed by atoms with E-state index in [0.29, 0.717) is 18.0 Å². The van der Waals surface area contributed by atoms with Gasteiger partial charge >= 0.3 is 0 Å². The van der Waals surface area contributed by atoms with Crippen molar-refractivity contribution in [3.05, 3.63) is 0 Å². The Balaban J connectivity index is 2.07. The lowest BCUT2D eigenvalue weighted by atomic mass is 9.84. The Hall–Kier alpha value is -0.590. The summed E-state index contributed by atoms with van der Waals surface area (Å²) in [5.41, 5.74) is 0. The predicted molar refractivity (Wildman–Crippen MR) is 62.7 cm³/mol. The van der Waals surface area contributed by atoms with Crippen LogP contribution in [0.5, 0.6) is 0 Å². The molecule has 90 valence electrons. The molecule has 4 unspecified atom stereocenters. The third-order valence-corrected chi connectivity index (χ3v) is 4.43. The van der Waals surface area contributed by atoms with Crippen molar-refractivity contribution in [1.29, 1.82) is 5.26 Å². The molecule has 3 nitrogen and oxygen atoms in total. The number of aliphatic hydroxyl groups is 1. The summed E-state index contributed by atoms with van der Waals surface area (Å²) in [6.07, 6.45) is 5.79. The first-order valence-corrected chi connectivity index (χ1v) is 6.54. The van der Waals surface area contributed by atoms with Crippen molar-refractivity contribution in [1.82, 2.24) is 4.90 Å². The van der Waals surface area contributed by atoms with Crippen LogP contribution in [0.3, 0.4) is 0 Å². The second kappa shape index (κ2) is 5.16. The van der Waals surface area contributed by atoms with Crippen LogP contribution >= 0.6 is 0 Å². The fourth-order valence-electron chi connectivity index (χ4n) is 3.39. The first kappa shape index (κ1) is 11.9. The van der Waals surface area contributed by atoms with Gasteiger partial charge in [0.05, 0.1) is 18.6 Å². The van der Waals surface area contributed by atoms with E-state index in [1.54, 1.807) is 0 Å². The van der Waals surface area contributed by atoms with Gasteiger partial charge in [-0.2, -0.15) is 5.26 Å². The zero-order chi connectivity index (χ0) is 11.5. The van der Waals surface area contributed by atoms with Gasteiger partial charge in [-0.15, -0.1) is 0 Å². The molecule has 2 rings (SSSR count). The van der Waals surface area contributed by atoms with Gasteiger partial charge in [0.1, 0.15) is 0 Å². The average Bonchev–Trinajstić information content (AvgIpc) is 2.70. The molecule has 1 heterocycles. The van der Waals surface area contributed by atoms with Gasteiger partial charge in [0, 0.05) is 12.1 Å². The summed E-state index contributed by atoms with van der Waals surface area (Å²) >= 11 is 0. The Morgan fingerprint density at radius 3 is 2.75 bits per heavy atom. The Kier molecular flexibility index (Phi) is 3.83. The normalized spacial score (nSPS) is 40.8. The molecule has 1 aliphatic carbocycles. The molecule has 1 saturated carbocycles. The number of likely N-dealkylation sites (tertiary alicyclic amines) is 1. The average molecular weight is 222 g/mol. The maximum atomic E-state index is 9.47. The van der Waals surface area contributed by atoms with Crippen LogP contribution in [0.4, 0.5) is 0 Å². The molecular weight excluding hydrogens is 200 g/mol. The molecule has 1 aliphatic heterocycles. The molecular formula is C13H22N2O. The second-order valence-corrected chi connectivity index (χ2v) is 5.34. The molecule has 2 fully saturated rings. The Morgan fingerprint density at radius 2 is 2.06 bits per heavy atom. The second-order valence-electron chi connectivity index (χ2n) is 5.34. The molecule has 0 amide bonds. The van der Waals surface area contributed by atoms with Gasteiger partial charge in [-0.05, 0) is 31.7 Å². The summed E-state index contributed by atoms with van der Waals surface area (Å²) in [6, 6.07) is 3.16. The van der Waals surface area contributed by atoms with Crippen molar-refractivity contribution < 1.29 is 5.11 Å². The Labute approximate surface area is 98.1 Å². The summed E-state index contributed by atoms with van der Waals surface area (Å²) in [5, 5.41) is 18.7. The van der Waals surface area contributed by atoms with E-state index in [2.05, 4.69) is 17.9 Å². The number of rotatable bonds is 2. The van der Waals surface area contributed by atoms with Gasteiger partial charge < -0.3 is 5.11 Å². The van der Waals surface area contributed by atoms with Gasteiger partial charge in [-0.25, -0.2) is 0 Å². The molecule has 4 atom stereocenters. The van der Waals surface area contributed by atoms with Crippen LogP contribution in [0.1, 0.15) is 39.0 Å². The Morgan fingerprint density at radius 1 is 1.31 bits per heavy atom. The van der Waals surface area contributed by atoms with Gasteiger partial charge in [0.2, 0.25) is 0 Å². The third kappa shape index (κ3) is 2.09. The quantitative estimate of drug-likeness (QED) is 0.774. The van der Waals surface area contributed by atoms with Crippen molar-refractivity contribution in [2.24, 2.45) is 11.8 Å². The van der Waals surface area contributed by atoms with Crippen LogP contribution in [0, 0.1) is 23.2 Å². The van der Waals surface area contributed by atoms with E-state index in [-0.39, 0.29) is 12.5 Å². The van der Waals surface area contributed by atoms with Crippen LogP contribution in [0.2, 0.25) is 0 Å². The summed E-state index contributed by atoms with van der Waals surface area (Å²) < 4.78 is 0. The molecule has 2 aliphatic rings. The number of hydrogen-bond acceptors (Lipinski definition) is 3. The molecule has 0 aromatic heterocycles. The van der Waals surface area contributed by atoms with Crippen molar-refractivity contribution >= 4 is 0 Å². The summed E-state index contributed by atoms with van der Waals surface area (Å²) in [5.74, 6) is 0.763. The summed E-state index contributed by atoms with van der Waals surface area (Å²) in [4.78, 5) is 2.41. The van der Waals surface area contributed by atoms with E-state index in [0.717, 1.165) is 19.4 Å². The smallest absolute Gasteiger partial charge is 0.0672 e. The topological polar surface area (TPSA) is 47.3 Å². The van der Waals surface area contributed by atoms with E-state index in [1.165, 1.54) is 19.3 Å². The van der Waals surface area contributed by atoms with Crippen LogP contribution < -0.4 is 0 Å².